The summed E-state index contributed by atoms with van der Waals surface area (Å²) in [5.41, 5.74) is 2.39. The Kier molecular flexibility index (Phi) is 5.23. The van der Waals surface area contributed by atoms with Crippen molar-refractivity contribution in [2.45, 2.75) is 32.4 Å². The predicted octanol–water partition coefficient (Wildman–Crippen LogP) is 4.73. The van der Waals surface area contributed by atoms with Crippen LogP contribution in [0.15, 0.2) is 78.5 Å². The minimum Gasteiger partial charge on any atom is -0.508 e. The van der Waals surface area contributed by atoms with E-state index >= 15 is 0 Å². The first-order valence-electron chi connectivity index (χ1n) is 10.1. The highest BCUT2D eigenvalue weighted by molar-refractivity contribution is 6.09. The standard InChI is InChI=1S/C25H24FN3O2/c1-16-7-6-10-23(27-16)25(2,3)28-21-15-22(19-8-4-5-9-20(19)26)29(24(21)31)17-11-13-18(30)14-12-17/h4-15,22,28,30H,1-3H3. The van der Waals surface area contributed by atoms with Crippen LogP contribution >= 0.6 is 0 Å². The molecule has 0 fully saturated rings. The largest absolute Gasteiger partial charge is 0.508 e. The van der Waals surface area contributed by atoms with E-state index in [-0.39, 0.29) is 17.5 Å². The number of pyridine rings is 1. The van der Waals surface area contributed by atoms with Crippen LogP contribution in [0.3, 0.4) is 0 Å². The number of anilines is 1. The van der Waals surface area contributed by atoms with Gasteiger partial charge in [0.2, 0.25) is 0 Å². The lowest BCUT2D eigenvalue weighted by Gasteiger charge is -2.29. The lowest BCUT2D eigenvalue weighted by atomic mass is 9.98. The maximum Gasteiger partial charge on any atom is 0.274 e. The number of nitrogens with one attached hydrogen (secondary N) is 1. The monoisotopic (exact) mass is 417 g/mol. The number of benzene rings is 2. The van der Waals surface area contributed by atoms with Gasteiger partial charge in [0.25, 0.3) is 5.91 Å². The molecule has 6 heteroatoms. The minimum absolute atomic E-state index is 0.0933. The molecule has 3 aromatic rings. The van der Waals surface area contributed by atoms with E-state index in [1.54, 1.807) is 36.4 Å². The van der Waals surface area contributed by atoms with Gasteiger partial charge in [0.1, 0.15) is 11.6 Å². The zero-order valence-electron chi connectivity index (χ0n) is 17.6. The molecular weight excluding hydrogens is 393 g/mol. The van der Waals surface area contributed by atoms with Crippen molar-refractivity contribution >= 4 is 11.6 Å². The Morgan fingerprint density at radius 1 is 1.03 bits per heavy atom. The third kappa shape index (κ3) is 4.01. The molecule has 1 atom stereocenters. The average Bonchev–Trinajstić information content (AvgIpc) is 3.04. The van der Waals surface area contributed by atoms with E-state index in [1.165, 1.54) is 23.1 Å². The Labute approximate surface area is 180 Å². The van der Waals surface area contributed by atoms with E-state index in [2.05, 4.69) is 10.3 Å². The molecule has 5 nitrogen and oxygen atoms in total. The first-order valence-corrected chi connectivity index (χ1v) is 10.1. The van der Waals surface area contributed by atoms with Gasteiger partial charge in [0.05, 0.1) is 23.0 Å². The summed E-state index contributed by atoms with van der Waals surface area (Å²) in [7, 11) is 0. The fourth-order valence-electron chi connectivity index (χ4n) is 3.78. The second kappa shape index (κ2) is 7.87. The van der Waals surface area contributed by atoms with Crippen LogP contribution in [-0.2, 0) is 10.3 Å². The van der Waals surface area contributed by atoms with Crippen molar-refractivity contribution in [1.29, 1.82) is 0 Å². The molecule has 4 rings (SSSR count). The summed E-state index contributed by atoms with van der Waals surface area (Å²) in [5.74, 6) is -0.573. The van der Waals surface area contributed by atoms with Gasteiger partial charge in [-0.1, -0.05) is 24.3 Å². The molecule has 1 unspecified atom stereocenters. The molecule has 1 aromatic heterocycles. The molecule has 2 aromatic carbocycles. The molecule has 0 saturated heterocycles. The number of carbonyl (C=O) groups excluding carboxylic acids is 1. The molecule has 0 spiro atoms. The number of hydrogen-bond donors (Lipinski definition) is 2. The summed E-state index contributed by atoms with van der Waals surface area (Å²) >= 11 is 0. The van der Waals surface area contributed by atoms with Gasteiger partial charge in [-0.05, 0) is 69.3 Å². The van der Waals surface area contributed by atoms with Gasteiger partial charge in [0.15, 0.2) is 0 Å². The molecule has 158 valence electrons. The van der Waals surface area contributed by atoms with Gasteiger partial charge in [0, 0.05) is 16.9 Å². The first kappa shape index (κ1) is 20.6. The highest BCUT2D eigenvalue weighted by atomic mass is 19.1. The van der Waals surface area contributed by atoms with Gasteiger partial charge >= 0.3 is 0 Å². The molecule has 1 amide bonds. The summed E-state index contributed by atoms with van der Waals surface area (Å²) in [5, 5.41) is 13.0. The highest BCUT2D eigenvalue weighted by Gasteiger charge is 2.38. The number of carbonyl (C=O) groups is 1. The highest BCUT2D eigenvalue weighted by Crippen LogP contribution is 2.37. The van der Waals surface area contributed by atoms with Crippen LogP contribution in [0.2, 0.25) is 0 Å². The Hall–Kier alpha value is -3.67. The first-order chi connectivity index (χ1) is 14.8. The van der Waals surface area contributed by atoms with Gasteiger partial charge in [-0.2, -0.15) is 0 Å². The number of rotatable bonds is 5. The third-order valence-electron chi connectivity index (χ3n) is 5.38. The van der Waals surface area contributed by atoms with Crippen LogP contribution in [0.5, 0.6) is 5.75 Å². The van der Waals surface area contributed by atoms with Crippen molar-refractivity contribution in [2.75, 3.05) is 4.90 Å². The molecule has 2 heterocycles. The fraction of sp³-hybridized carbons (Fsp3) is 0.200. The van der Waals surface area contributed by atoms with Crippen molar-refractivity contribution in [3.05, 3.63) is 101 Å². The normalized spacial score (nSPS) is 16.4. The number of halogens is 1. The van der Waals surface area contributed by atoms with E-state index in [1.807, 2.05) is 39.0 Å². The zero-order chi connectivity index (χ0) is 22.2. The molecule has 0 radical (unpaired) electrons. The number of nitrogens with zero attached hydrogens (tertiary/aromatic N) is 2. The number of phenols is 1. The van der Waals surface area contributed by atoms with Crippen molar-refractivity contribution in [3.8, 4) is 5.75 Å². The van der Waals surface area contributed by atoms with E-state index in [0.717, 1.165) is 11.4 Å². The van der Waals surface area contributed by atoms with Crippen LogP contribution in [0.25, 0.3) is 0 Å². The summed E-state index contributed by atoms with van der Waals surface area (Å²) in [4.78, 5) is 19.6. The predicted molar refractivity (Wildman–Crippen MR) is 118 cm³/mol. The number of phenolic OH excluding ortho intramolecular Hbond substituents is 1. The lowest BCUT2D eigenvalue weighted by molar-refractivity contribution is -0.115. The Morgan fingerprint density at radius 2 is 1.74 bits per heavy atom. The maximum absolute atomic E-state index is 14.7. The Bertz CT molecular complexity index is 1160. The minimum atomic E-state index is -0.627. The SMILES string of the molecule is Cc1cccc(C(C)(C)NC2=CC(c3ccccc3F)N(c3ccc(O)cc3)C2=O)n1. The second-order valence-electron chi connectivity index (χ2n) is 8.15. The number of aryl methyl sites for hydroxylation is 1. The molecule has 0 bridgehead atoms. The van der Waals surface area contributed by atoms with Crippen LogP contribution in [-0.4, -0.2) is 16.0 Å². The van der Waals surface area contributed by atoms with Crippen molar-refractivity contribution < 1.29 is 14.3 Å². The van der Waals surface area contributed by atoms with E-state index < -0.39 is 11.6 Å². The van der Waals surface area contributed by atoms with Crippen LogP contribution < -0.4 is 10.2 Å². The van der Waals surface area contributed by atoms with E-state index in [0.29, 0.717) is 16.9 Å². The lowest BCUT2D eigenvalue weighted by Crippen LogP contribution is -2.41. The molecule has 31 heavy (non-hydrogen) atoms. The average molecular weight is 417 g/mol. The zero-order valence-corrected chi connectivity index (χ0v) is 17.6. The molecule has 0 saturated carbocycles. The van der Waals surface area contributed by atoms with Crippen molar-refractivity contribution in [2.24, 2.45) is 0 Å². The number of hydrogen-bond acceptors (Lipinski definition) is 4. The van der Waals surface area contributed by atoms with Crippen molar-refractivity contribution in [3.63, 3.8) is 0 Å². The van der Waals surface area contributed by atoms with Crippen LogP contribution in [0.1, 0.15) is 36.8 Å². The van der Waals surface area contributed by atoms with Crippen molar-refractivity contribution in [1.82, 2.24) is 10.3 Å². The Balaban J connectivity index is 1.74. The summed E-state index contributed by atoms with van der Waals surface area (Å²) in [6, 6.07) is 17.9. The van der Waals surface area contributed by atoms with E-state index in [4.69, 9.17) is 0 Å². The van der Waals surface area contributed by atoms with Gasteiger partial charge in [-0.25, -0.2) is 4.39 Å². The third-order valence-corrected chi connectivity index (χ3v) is 5.38. The summed E-state index contributed by atoms with van der Waals surface area (Å²) in [6.45, 7) is 5.81. The quantitative estimate of drug-likeness (QED) is 0.630. The summed E-state index contributed by atoms with van der Waals surface area (Å²) < 4.78 is 14.7. The Morgan fingerprint density at radius 3 is 2.42 bits per heavy atom. The van der Waals surface area contributed by atoms with Crippen LogP contribution in [0.4, 0.5) is 10.1 Å². The molecule has 1 aliphatic heterocycles. The van der Waals surface area contributed by atoms with Gasteiger partial charge < -0.3 is 10.4 Å². The fourth-order valence-corrected chi connectivity index (χ4v) is 3.78. The summed E-state index contributed by atoms with van der Waals surface area (Å²) in [6.07, 6.45) is 1.74. The molecule has 1 aliphatic rings. The topological polar surface area (TPSA) is 65.5 Å². The smallest absolute Gasteiger partial charge is 0.274 e. The van der Waals surface area contributed by atoms with Crippen LogP contribution in [0, 0.1) is 12.7 Å². The number of aromatic hydroxyl groups is 1. The molecule has 0 aliphatic carbocycles. The number of amides is 1. The van der Waals surface area contributed by atoms with Gasteiger partial charge in [-0.3, -0.25) is 14.7 Å². The molecule has 2 N–H and O–H groups in total. The van der Waals surface area contributed by atoms with Gasteiger partial charge in [-0.15, -0.1) is 0 Å². The maximum atomic E-state index is 14.7. The second-order valence-corrected chi connectivity index (χ2v) is 8.15. The molecular formula is C25H24FN3O2. The number of aromatic nitrogens is 1. The van der Waals surface area contributed by atoms with E-state index in [9.17, 15) is 14.3 Å².